The lowest BCUT2D eigenvalue weighted by atomic mass is 9.82. The summed E-state index contributed by atoms with van der Waals surface area (Å²) >= 11 is 1.74. The zero-order valence-electron chi connectivity index (χ0n) is 23.6. The second kappa shape index (κ2) is 13.0. The summed E-state index contributed by atoms with van der Waals surface area (Å²) in [5.74, 6) is 1.95. The number of hydrogen-bond acceptors (Lipinski definition) is 7. The van der Waals surface area contributed by atoms with E-state index in [1.54, 1.807) is 30.5 Å². The summed E-state index contributed by atoms with van der Waals surface area (Å²) in [5.41, 5.74) is 1.40. The Morgan fingerprint density at radius 2 is 1.73 bits per heavy atom. The number of amides is 1. The minimum atomic E-state index is -0.780. The maximum atomic E-state index is 11.4. The lowest BCUT2D eigenvalue weighted by molar-refractivity contribution is 0.0200. The van der Waals surface area contributed by atoms with Crippen LogP contribution in [0.3, 0.4) is 0 Å². The molecule has 3 aliphatic rings. The number of methoxy groups -OCH3 is 2. The molecule has 0 bridgehead atoms. The Labute approximate surface area is 241 Å². The highest BCUT2D eigenvalue weighted by Gasteiger charge is 2.37. The fourth-order valence-corrected chi connectivity index (χ4v) is 7.75. The highest BCUT2D eigenvalue weighted by molar-refractivity contribution is 7.17. The fourth-order valence-electron chi connectivity index (χ4n) is 6.75. The molecular formula is C31H40N4O4S. The van der Waals surface area contributed by atoms with Gasteiger partial charge in [0.1, 0.15) is 0 Å². The highest BCUT2D eigenvalue weighted by Crippen LogP contribution is 2.37. The minimum Gasteiger partial charge on any atom is -0.493 e. The van der Waals surface area contributed by atoms with Crippen molar-refractivity contribution in [2.24, 2.45) is 5.92 Å². The van der Waals surface area contributed by atoms with Crippen LogP contribution in [-0.4, -0.2) is 80.0 Å². The van der Waals surface area contributed by atoms with Crippen LogP contribution < -0.4 is 14.4 Å². The van der Waals surface area contributed by atoms with E-state index in [2.05, 4.69) is 28.0 Å². The zero-order valence-corrected chi connectivity index (χ0v) is 24.4. The normalized spacial score (nSPS) is 21.7. The summed E-state index contributed by atoms with van der Waals surface area (Å²) in [7, 11) is 3.20. The molecule has 0 aliphatic carbocycles. The molecule has 5 rings (SSSR count). The maximum Gasteiger partial charge on any atom is 0.407 e. The lowest BCUT2D eigenvalue weighted by Crippen LogP contribution is -2.55. The molecule has 4 heterocycles. The van der Waals surface area contributed by atoms with Crippen LogP contribution in [0.25, 0.3) is 11.6 Å². The smallest absolute Gasteiger partial charge is 0.407 e. The molecule has 1 atom stereocenters. The molecule has 1 amide bonds. The van der Waals surface area contributed by atoms with Gasteiger partial charge >= 0.3 is 6.09 Å². The van der Waals surface area contributed by atoms with Gasteiger partial charge in [-0.15, -0.1) is 11.3 Å². The van der Waals surface area contributed by atoms with Crippen molar-refractivity contribution in [3.63, 3.8) is 0 Å². The van der Waals surface area contributed by atoms with Gasteiger partial charge in [0.15, 0.2) is 11.5 Å². The predicted molar refractivity (Wildman–Crippen MR) is 159 cm³/mol. The number of anilines is 1. The molecule has 1 unspecified atom stereocenters. The molecular weight excluding hydrogens is 524 g/mol. The van der Waals surface area contributed by atoms with E-state index in [9.17, 15) is 15.2 Å². The maximum absolute atomic E-state index is 11.4. The number of ether oxygens (including phenoxy) is 2. The van der Waals surface area contributed by atoms with Crippen molar-refractivity contribution in [3.05, 3.63) is 40.8 Å². The number of allylic oxidation sites excluding steroid dienone is 1. The Kier molecular flexibility index (Phi) is 9.18. The fraction of sp³-hybridized carbons (Fsp3) is 0.548. The van der Waals surface area contributed by atoms with E-state index in [0.717, 1.165) is 42.9 Å². The van der Waals surface area contributed by atoms with Crippen LogP contribution in [-0.2, 0) is 0 Å². The minimum absolute atomic E-state index is 0.519. The Morgan fingerprint density at radius 3 is 2.40 bits per heavy atom. The summed E-state index contributed by atoms with van der Waals surface area (Å²) in [6.45, 7) is 4.59. The van der Waals surface area contributed by atoms with Crippen molar-refractivity contribution < 1.29 is 19.4 Å². The topological polar surface area (TPSA) is 89.3 Å². The molecule has 3 fully saturated rings. The number of hydrogen-bond donors (Lipinski definition) is 1. The standard InChI is InChI=1S/C31H40N4O4S/c1-38-28-8-6-23(20-29(28)39-2)24(21-32)19-26-7-9-30(40-26)33-15-10-22(11-16-33)27-5-3-4-14-35(27)25-12-17-34(18-13-25)31(36)37/h6-9,19-20,22,25,27H,3-5,10-18H2,1-2H3,(H,36,37). The number of piperidine rings is 3. The van der Waals surface area contributed by atoms with E-state index in [4.69, 9.17) is 9.47 Å². The van der Waals surface area contributed by atoms with Crippen LogP contribution >= 0.6 is 11.3 Å². The highest BCUT2D eigenvalue weighted by atomic mass is 32.1. The molecule has 1 N–H and O–H groups in total. The number of carboxylic acid groups (broad SMARTS) is 1. The van der Waals surface area contributed by atoms with Crippen LogP contribution in [0.4, 0.5) is 9.80 Å². The van der Waals surface area contributed by atoms with E-state index in [-0.39, 0.29) is 0 Å². The van der Waals surface area contributed by atoms with Crippen LogP contribution in [0, 0.1) is 17.2 Å². The van der Waals surface area contributed by atoms with Crippen LogP contribution in [0.15, 0.2) is 30.3 Å². The third-order valence-electron chi connectivity index (χ3n) is 8.91. The van der Waals surface area contributed by atoms with Gasteiger partial charge in [0.25, 0.3) is 0 Å². The van der Waals surface area contributed by atoms with Gasteiger partial charge in [-0.1, -0.05) is 6.42 Å². The Morgan fingerprint density at radius 1 is 0.975 bits per heavy atom. The van der Waals surface area contributed by atoms with E-state index in [1.165, 1.54) is 37.1 Å². The molecule has 8 nitrogen and oxygen atoms in total. The summed E-state index contributed by atoms with van der Waals surface area (Å²) in [5, 5.41) is 20.5. The summed E-state index contributed by atoms with van der Waals surface area (Å²) in [6, 6.07) is 13.3. The lowest BCUT2D eigenvalue weighted by Gasteiger charge is -2.48. The Bertz CT molecular complexity index is 1240. The van der Waals surface area contributed by atoms with E-state index >= 15 is 0 Å². The summed E-state index contributed by atoms with van der Waals surface area (Å²) < 4.78 is 10.8. The van der Waals surface area contributed by atoms with E-state index < -0.39 is 6.09 Å². The quantitative estimate of drug-likeness (QED) is 0.410. The molecule has 0 saturated carbocycles. The second-order valence-electron chi connectivity index (χ2n) is 11.0. The van der Waals surface area contributed by atoms with Gasteiger partial charge in [0.2, 0.25) is 0 Å². The molecule has 0 spiro atoms. The van der Waals surface area contributed by atoms with Gasteiger partial charge in [0.05, 0.1) is 30.9 Å². The number of nitrogens with zero attached hydrogens (tertiary/aromatic N) is 4. The predicted octanol–water partition coefficient (Wildman–Crippen LogP) is 6.04. The molecule has 3 saturated heterocycles. The third-order valence-corrected chi connectivity index (χ3v) is 10.00. The van der Waals surface area contributed by atoms with E-state index in [1.807, 2.05) is 24.3 Å². The Hall–Kier alpha value is -3.22. The van der Waals surface area contributed by atoms with Gasteiger partial charge in [-0.25, -0.2) is 4.79 Å². The van der Waals surface area contributed by atoms with Crippen LogP contribution in [0.5, 0.6) is 11.5 Å². The summed E-state index contributed by atoms with van der Waals surface area (Å²) in [4.78, 5) is 19.3. The van der Waals surface area contributed by atoms with Crippen LogP contribution in [0.2, 0.25) is 0 Å². The van der Waals surface area contributed by atoms with Gasteiger partial charge in [-0.3, -0.25) is 4.90 Å². The van der Waals surface area contributed by atoms with E-state index in [0.29, 0.717) is 48.2 Å². The number of carbonyl (C=O) groups is 1. The zero-order chi connectivity index (χ0) is 28.1. The monoisotopic (exact) mass is 564 g/mol. The molecule has 9 heteroatoms. The van der Waals surface area contributed by atoms with Gasteiger partial charge in [0, 0.05) is 43.1 Å². The molecule has 2 aromatic rings. The Balaban J connectivity index is 1.20. The van der Waals surface area contributed by atoms with Crippen molar-refractivity contribution in [1.82, 2.24) is 9.80 Å². The van der Waals surface area contributed by atoms with Gasteiger partial charge in [-0.05, 0) is 93.0 Å². The average Bonchev–Trinajstić information content (AvgIpc) is 3.48. The largest absolute Gasteiger partial charge is 0.493 e. The molecule has 3 aliphatic heterocycles. The average molecular weight is 565 g/mol. The van der Waals surface area contributed by atoms with Crippen molar-refractivity contribution in [2.75, 3.05) is 51.8 Å². The molecule has 1 aromatic heterocycles. The van der Waals surface area contributed by atoms with Crippen LogP contribution in [0.1, 0.15) is 55.4 Å². The van der Waals surface area contributed by atoms with Crippen molar-refractivity contribution in [2.45, 2.75) is 57.0 Å². The van der Waals surface area contributed by atoms with Gasteiger partial charge < -0.3 is 24.4 Å². The first-order chi connectivity index (χ1) is 19.5. The number of nitriles is 1. The summed E-state index contributed by atoms with van der Waals surface area (Å²) in [6.07, 6.45) is 9.30. The molecule has 214 valence electrons. The molecule has 1 aromatic carbocycles. The number of rotatable bonds is 7. The van der Waals surface area contributed by atoms with Gasteiger partial charge in [-0.2, -0.15) is 5.26 Å². The second-order valence-corrected chi connectivity index (χ2v) is 12.1. The number of likely N-dealkylation sites (tertiary alicyclic amines) is 2. The first kappa shape index (κ1) is 28.3. The third kappa shape index (κ3) is 6.24. The van der Waals surface area contributed by atoms with Crippen molar-refractivity contribution in [1.29, 1.82) is 5.26 Å². The SMILES string of the molecule is COc1ccc(C(C#N)=Cc2ccc(N3CCC(C4CCCCN4C4CCN(C(=O)O)CC4)CC3)s2)cc1OC. The van der Waals surface area contributed by atoms with Crippen molar-refractivity contribution >= 4 is 34.1 Å². The molecule has 0 radical (unpaired) electrons. The molecule has 40 heavy (non-hydrogen) atoms. The first-order valence-electron chi connectivity index (χ1n) is 14.4. The number of benzene rings is 1. The first-order valence-corrected chi connectivity index (χ1v) is 15.2. The number of thiophene rings is 1. The van der Waals surface area contributed by atoms with Crippen molar-refractivity contribution in [3.8, 4) is 17.6 Å².